The maximum Gasteiger partial charge on any atom is 0.304 e. The number of hydrogen-bond donors (Lipinski definition) is 0. The fraction of sp³-hybridized carbons (Fsp3) is 1.00. The molecule has 0 aromatic carbocycles. The van der Waals surface area contributed by atoms with Crippen molar-refractivity contribution < 1.29 is 17.0 Å². The molecule has 0 aromatic heterocycles. The van der Waals surface area contributed by atoms with Crippen molar-refractivity contribution in [3.63, 3.8) is 0 Å². The van der Waals surface area contributed by atoms with Crippen LogP contribution in [0.5, 0.6) is 0 Å². The molecule has 1 aliphatic rings. The van der Waals surface area contributed by atoms with Crippen LogP contribution in [0.4, 0.5) is 3.89 Å². The van der Waals surface area contributed by atoms with Gasteiger partial charge in [0.1, 0.15) is 5.75 Å². The lowest BCUT2D eigenvalue weighted by Gasteiger charge is -2.34. The quantitative estimate of drug-likeness (QED) is 0.648. The number of hydrogen-bond acceptors (Lipinski definition) is 3. The molecule has 1 heterocycles. The highest BCUT2D eigenvalue weighted by molar-refractivity contribution is 7.86. The van der Waals surface area contributed by atoms with Crippen LogP contribution >= 0.6 is 0 Å². The van der Waals surface area contributed by atoms with Gasteiger partial charge in [0.25, 0.3) is 0 Å². The molecule has 1 fully saturated rings. The number of rotatable bonds is 2. The number of halogens is 1. The van der Waals surface area contributed by atoms with Crippen LogP contribution in [-0.4, -0.2) is 26.9 Å². The molecular weight excluding hydrogens is 195 g/mol. The molecule has 0 saturated carbocycles. The predicted octanol–water partition coefficient (Wildman–Crippen LogP) is 1.49. The van der Waals surface area contributed by atoms with Crippen LogP contribution in [-0.2, 0) is 15.0 Å². The fourth-order valence-corrected chi connectivity index (χ4v) is 2.27. The topological polar surface area (TPSA) is 43.4 Å². The van der Waals surface area contributed by atoms with Gasteiger partial charge in [0.2, 0.25) is 0 Å². The lowest BCUT2D eigenvalue weighted by atomic mass is 9.82. The second kappa shape index (κ2) is 3.53. The van der Waals surface area contributed by atoms with E-state index in [9.17, 15) is 12.3 Å². The van der Waals surface area contributed by atoms with E-state index in [2.05, 4.69) is 0 Å². The molecule has 1 rings (SSSR count). The first-order valence-corrected chi connectivity index (χ1v) is 5.88. The van der Waals surface area contributed by atoms with Crippen molar-refractivity contribution in [1.29, 1.82) is 0 Å². The van der Waals surface area contributed by atoms with E-state index in [0.29, 0.717) is 13.0 Å². The smallest absolute Gasteiger partial charge is 0.304 e. The highest BCUT2D eigenvalue weighted by Crippen LogP contribution is 2.32. The van der Waals surface area contributed by atoms with E-state index in [1.165, 1.54) is 0 Å². The van der Waals surface area contributed by atoms with E-state index in [1.807, 2.05) is 13.8 Å². The van der Waals surface area contributed by atoms with Crippen molar-refractivity contribution >= 4 is 10.2 Å². The van der Waals surface area contributed by atoms with Crippen LogP contribution in [0.1, 0.15) is 26.7 Å². The van der Waals surface area contributed by atoms with E-state index < -0.39 is 22.1 Å². The highest BCUT2D eigenvalue weighted by atomic mass is 32.3. The van der Waals surface area contributed by atoms with Crippen molar-refractivity contribution in [1.82, 2.24) is 0 Å². The Hall–Kier alpha value is -0.160. The van der Waals surface area contributed by atoms with Gasteiger partial charge in [-0.1, -0.05) is 13.8 Å². The fourth-order valence-electron chi connectivity index (χ4n) is 1.61. The lowest BCUT2D eigenvalue weighted by molar-refractivity contribution is -0.0237. The molecule has 0 bridgehead atoms. The minimum atomic E-state index is -4.40. The van der Waals surface area contributed by atoms with Crippen LogP contribution in [0.15, 0.2) is 0 Å². The predicted molar refractivity (Wildman–Crippen MR) is 47.6 cm³/mol. The van der Waals surface area contributed by atoms with Crippen molar-refractivity contribution in [2.45, 2.75) is 32.8 Å². The van der Waals surface area contributed by atoms with Crippen molar-refractivity contribution in [3.05, 3.63) is 0 Å². The Bertz CT molecular complexity index is 271. The second-order valence-electron chi connectivity index (χ2n) is 4.32. The van der Waals surface area contributed by atoms with E-state index in [0.717, 1.165) is 6.42 Å². The highest BCUT2D eigenvalue weighted by Gasteiger charge is 2.31. The van der Waals surface area contributed by atoms with Crippen LogP contribution < -0.4 is 0 Å². The second-order valence-corrected chi connectivity index (χ2v) is 5.73. The summed E-state index contributed by atoms with van der Waals surface area (Å²) in [6, 6.07) is 0. The largest absolute Gasteiger partial charge is 0.377 e. The third kappa shape index (κ3) is 4.04. The first-order chi connectivity index (χ1) is 5.79. The Kier molecular flexibility index (Phi) is 2.97. The molecule has 1 unspecified atom stereocenters. The SMILES string of the molecule is CC1(C)CCOC(CS(=O)(=O)F)C1. The molecule has 3 nitrogen and oxygen atoms in total. The summed E-state index contributed by atoms with van der Waals surface area (Å²) in [5.41, 5.74) is 0.0631. The summed E-state index contributed by atoms with van der Waals surface area (Å²) in [7, 11) is -4.40. The summed E-state index contributed by atoms with van der Waals surface area (Å²) in [4.78, 5) is 0. The van der Waals surface area contributed by atoms with Gasteiger partial charge in [0.05, 0.1) is 6.10 Å². The van der Waals surface area contributed by atoms with Gasteiger partial charge in [0, 0.05) is 6.61 Å². The standard InChI is InChI=1S/C8H15FO3S/c1-8(2)3-4-12-7(5-8)6-13(9,10)11/h7H,3-6H2,1-2H3. The summed E-state index contributed by atoms with van der Waals surface area (Å²) in [6.07, 6.45) is 1.03. The first kappa shape index (κ1) is 10.9. The Morgan fingerprint density at radius 1 is 1.54 bits per heavy atom. The third-order valence-corrected chi connectivity index (χ3v) is 3.07. The van der Waals surface area contributed by atoms with Crippen molar-refractivity contribution in [2.75, 3.05) is 12.4 Å². The lowest BCUT2D eigenvalue weighted by Crippen LogP contribution is -2.34. The Labute approximate surface area is 78.5 Å². The average molecular weight is 210 g/mol. The summed E-state index contributed by atoms with van der Waals surface area (Å²) < 4.78 is 38.2. The molecule has 0 amide bonds. The van der Waals surface area contributed by atoms with Gasteiger partial charge in [0.15, 0.2) is 0 Å². The molecule has 1 saturated heterocycles. The molecule has 13 heavy (non-hydrogen) atoms. The molecule has 0 spiro atoms. The summed E-state index contributed by atoms with van der Waals surface area (Å²) in [5.74, 6) is -0.504. The van der Waals surface area contributed by atoms with Gasteiger partial charge in [-0.3, -0.25) is 0 Å². The van der Waals surface area contributed by atoms with Gasteiger partial charge in [-0.25, -0.2) is 0 Å². The van der Waals surface area contributed by atoms with Crippen LogP contribution in [0.3, 0.4) is 0 Å². The zero-order valence-corrected chi connectivity index (χ0v) is 8.73. The Morgan fingerprint density at radius 3 is 2.62 bits per heavy atom. The van der Waals surface area contributed by atoms with Gasteiger partial charge in [-0.15, -0.1) is 3.89 Å². The summed E-state index contributed by atoms with van der Waals surface area (Å²) >= 11 is 0. The molecule has 0 radical (unpaired) electrons. The monoisotopic (exact) mass is 210 g/mol. The van der Waals surface area contributed by atoms with Gasteiger partial charge >= 0.3 is 10.2 Å². The van der Waals surface area contributed by atoms with Gasteiger partial charge in [-0.05, 0) is 18.3 Å². The molecule has 1 aliphatic heterocycles. The van der Waals surface area contributed by atoms with Crippen LogP contribution in [0.25, 0.3) is 0 Å². The normalized spacial score (nSPS) is 28.7. The van der Waals surface area contributed by atoms with E-state index in [1.54, 1.807) is 0 Å². The molecule has 0 aromatic rings. The van der Waals surface area contributed by atoms with E-state index in [4.69, 9.17) is 4.74 Å². The first-order valence-electron chi connectivity index (χ1n) is 4.32. The average Bonchev–Trinajstić information content (AvgIpc) is 1.79. The zero-order valence-electron chi connectivity index (χ0n) is 7.92. The molecular formula is C8H15FO3S. The van der Waals surface area contributed by atoms with Crippen molar-refractivity contribution in [3.8, 4) is 0 Å². The Morgan fingerprint density at radius 2 is 2.15 bits per heavy atom. The number of ether oxygens (including phenoxy) is 1. The van der Waals surface area contributed by atoms with Gasteiger partial charge in [-0.2, -0.15) is 8.42 Å². The van der Waals surface area contributed by atoms with Crippen LogP contribution in [0.2, 0.25) is 0 Å². The molecule has 1 atom stereocenters. The molecule has 0 N–H and O–H groups in total. The van der Waals surface area contributed by atoms with Crippen molar-refractivity contribution in [2.24, 2.45) is 5.41 Å². The molecule has 5 heteroatoms. The summed E-state index contributed by atoms with van der Waals surface area (Å²) in [6.45, 7) is 4.59. The minimum absolute atomic E-state index is 0.0631. The van der Waals surface area contributed by atoms with Crippen LogP contribution in [0, 0.1) is 5.41 Å². The molecule has 0 aliphatic carbocycles. The molecule has 78 valence electrons. The summed E-state index contributed by atoms with van der Waals surface area (Å²) in [5, 5.41) is 0. The van der Waals surface area contributed by atoms with E-state index in [-0.39, 0.29) is 5.41 Å². The maximum absolute atomic E-state index is 12.3. The van der Waals surface area contributed by atoms with Gasteiger partial charge < -0.3 is 4.74 Å². The minimum Gasteiger partial charge on any atom is -0.377 e. The Balaban J connectivity index is 2.53. The van der Waals surface area contributed by atoms with E-state index >= 15 is 0 Å². The maximum atomic E-state index is 12.3. The third-order valence-electron chi connectivity index (χ3n) is 2.30. The zero-order chi connectivity index (χ0) is 10.1.